The van der Waals surface area contributed by atoms with Crippen LogP contribution in [-0.4, -0.2) is 23.3 Å². The number of benzene rings is 2. The maximum Gasteiger partial charge on any atom is 0.227 e. The van der Waals surface area contributed by atoms with Gasteiger partial charge in [-0.15, -0.1) is 0 Å². The molecule has 1 aliphatic carbocycles. The van der Waals surface area contributed by atoms with Crippen molar-refractivity contribution in [1.29, 1.82) is 0 Å². The van der Waals surface area contributed by atoms with E-state index in [9.17, 15) is 14.0 Å². The fourth-order valence-corrected chi connectivity index (χ4v) is 4.32. The number of hydrogen-bond donors (Lipinski definition) is 1. The molecule has 2 aliphatic rings. The Balaban J connectivity index is 1.29. The summed E-state index contributed by atoms with van der Waals surface area (Å²) in [5, 5.41) is 2.86. The minimum absolute atomic E-state index is 0.0140. The van der Waals surface area contributed by atoms with E-state index in [0.717, 1.165) is 25.8 Å². The first-order valence-electron chi connectivity index (χ1n) is 10.0. The van der Waals surface area contributed by atoms with Gasteiger partial charge < -0.3 is 10.2 Å². The molecule has 28 heavy (non-hydrogen) atoms. The van der Waals surface area contributed by atoms with Gasteiger partial charge in [0.15, 0.2) is 0 Å². The first-order valence-corrected chi connectivity index (χ1v) is 10.0. The smallest absolute Gasteiger partial charge is 0.227 e. The van der Waals surface area contributed by atoms with Gasteiger partial charge in [0.05, 0.1) is 0 Å². The summed E-state index contributed by atoms with van der Waals surface area (Å²) in [6, 6.07) is 14.1. The second-order valence-electron chi connectivity index (χ2n) is 7.82. The quantitative estimate of drug-likeness (QED) is 0.869. The van der Waals surface area contributed by atoms with Crippen molar-refractivity contribution < 1.29 is 14.0 Å². The van der Waals surface area contributed by atoms with E-state index in [4.69, 9.17) is 0 Å². The van der Waals surface area contributed by atoms with Gasteiger partial charge in [0.1, 0.15) is 5.82 Å². The van der Waals surface area contributed by atoms with Gasteiger partial charge in [-0.2, -0.15) is 0 Å². The number of carbonyl (C=O) groups is 2. The van der Waals surface area contributed by atoms with E-state index in [0.29, 0.717) is 25.1 Å². The first-order chi connectivity index (χ1) is 13.6. The van der Waals surface area contributed by atoms with Gasteiger partial charge in [0.25, 0.3) is 0 Å². The van der Waals surface area contributed by atoms with Crippen LogP contribution in [0.3, 0.4) is 0 Å². The highest BCUT2D eigenvalue weighted by Gasteiger charge is 2.33. The lowest BCUT2D eigenvalue weighted by Crippen LogP contribution is -2.41. The van der Waals surface area contributed by atoms with Crippen LogP contribution in [-0.2, 0) is 22.6 Å². The maximum atomic E-state index is 13.0. The summed E-state index contributed by atoms with van der Waals surface area (Å²) in [6.45, 7) is 1.47. The van der Waals surface area contributed by atoms with Crippen molar-refractivity contribution in [1.82, 2.24) is 4.90 Å². The summed E-state index contributed by atoms with van der Waals surface area (Å²) < 4.78 is 13.0. The number of halogens is 1. The summed E-state index contributed by atoms with van der Waals surface area (Å²) in [5.41, 5.74) is 3.19. The molecule has 1 heterocycles. The molecule has 1 aliphatic heterocycles. The highest BCUT2D eigenvalue weighted by atomic mass is 19.1. The largest absolute Gasteiger partial charge is 0.338 e. The number of nitrogens with one attached hydrogen (secondary N) is 1. The molecule has 4 rings (SSSR count). The zero-order chi connectivity index (χ0) is 19.5. The highest BCUT2D eigenvalue weighted by molar-refractivity contribution is 5.92. The number of anilines is 1. The average Bonchev–Trinajstić information content (AvgIpc) is 2.74. The number of fused-ring (bicyclic) bond motifs is 1. The minimum atomic E-state index is -0.322. The number of rotatable bonds is 3. The molecule has 1 N–H and O–H groups in total. The van der Waals surface area contributed by atoms with Gasteiger partial charge in [-0.05, 0) is 67.5 Å². The lowest BCUT2D eigenvalue weighted by molar-refractivity contribution is -0.138. The molecule has 0 atom stereocenters. The normalized spacial score (nSPS) is 21.7. The van der Waals surface area contributed by atoms with E-state index in [1.165, 1.54) is 23.3 Å². The number of nitrogens with zero attached hydrogens (tertiary/aromatic N) is 1. The Labute approximate surface area is 164 Å². The predicted octanol–water partition coefficient (Wildman–Crippen LogP) is 4.16. The molecule has 5 heteroatoms. The van der Waals surface area contributed by atoms with E-state index in [1.807, 2.05) is 11.0 Å². The Morgan fingerprint density at radius 1 is 0.893 bits per heavy atom. The van der Waals surface area contributed by atoms with Crippen LogP contribution >= 0.6 is 0 Å². The summed E-state index contributed by atoms with van der Waals surface area (Å²) >= 11 is 0. The van der Waals surface area contributed by atoms with Gasteiger partial charge >= 0.3 is 0 Å². The molecule has 146 valence electrons. The summed E-state index contributed by atoms with van der Waals surface area (Å²) in [7, 11) is 0. The number of amides is 2. The maximum absolute atomic E-state index is 13.0. The van der Waals surface area contributed by atoms with Crippen LogP contribution in [0.2, 0.25) is 0 Å². The SMILES string of the molecule is O=C(Nc1ccc(F)cc1)C1CCC(C(=O)N2CCc3ccccc3C2)CC1. The fraction of sp³-hybridized carbons (Fsp3) is 0.391. The zero-order valence-corrected chi connectivity index (χ0v) is 15.9. The molecule has 0 saturated heterocycles. The zero-order valence-electron chi connectivity index (χ0n) is 15.9. The fourth-order valence-electron chi connectivity index (χ4n) is 4.32. The minimum Gasteiger partial charge on any atom is -0.338 e. The van der Waals surface area contributed by atoms with Crippen molar-refractivity contribution in [2.24, 2.45) is 11.8 Å². The Hall–Kier alpha value is -2.69. The third-order valence-electron chi connectivity index (χ3n) is 6.00. The molecule has 0 aromatic heterocycles. The highest BCUT2D eigenvalue weighted by Crippen LogP contribution is 2.32. The topological polar surface area (TPSA) is 49.4 Å². The average molecular weight is 380 g/mol. The van der Waals surface area contributed by atoms with Crippen molar-refractivity contribution >= 4 is 17.5 Å². The van der Waals surface area contributed by atoms with Gasteiger partial charge in [-0.1, -0.05) is 24.3 Å². The van der Waals surface area contributed by atoms with Gasteiger partial charge in [-0.25, -0.2) is 4.39 Å². The van der Waals surface area contributed by atoms with Crippen LogP contribution < -0.4 is 5.32 Å². The van der Waals surface area contributed by atoms with Crippen molar-refractivity contribution in [3.8, 4) is 0 Å². The Kier molecular flexibility index (Phi) is 5.42. The summed E-state index contributed by atoms with van der Waals surface area (Å²) in [6.07, 6.45) is 3.84. The summed E-state index contributed by atoms with van der Waals surface area (Å²) in [5.74, 6) is -0.204. The first kappa shape index (κ1) is 18.7. The Morgan fingerprint density at radius 3 is 2.25 bits per heavy atom. The lowest BCUT2D eigenvalue weighted by Gasteiger charge is -2.34. The van der Waals surface area contributed by atoms with Crippen molar-refractivity contribution in [2.45, 2.75) is 38.6 Å². The molecule has 2 aromatic carbocycles. The number of hydrogen-bond acceptors (Lipinski definition) is 2. The number of carbonyl (C=O) groups excluding carboxylic acids is 2. The molecule has 1 saturated carbocycles. The van der Waals surface area contributed by atoms with Gasteiger partial charge in [-0.3, -0.25) is 9.59 Å². The molecular weight excluding hydrogens is 355 g/mol. The standard InChI is InChI=1S/C23H25FN2O2/c24-20-9-11-21(12-10-20)25-22(27)17-5-7-18(8-6-17)23(28)26-14-13-16-3-1-2-4-19(16)15-26/h1-4,9-12,17-18H,5-8,13-15H2,(H,25,27). The molecule has 4 nitrogen and oxygen atoms in total. The predicted molar refractivity (Wildman–Crippen MR) is 106 cm³/mol. The Bertz CT molecular complexity index is 857. The van der Waals surface area contributed by atoms with Crippen molar-refractivity contribution in [3.63, 3.8) is 0 Å². The van der Waals surface area contributed by atoms with Gasteiger partial charge in [0.2, 0.25) is 11.8 Å². The third-order valence-corrected chi connectivity index (χ3v) is 6.00. The second-order valence-corrected chi connectivity index (χ2v) is 7.82. The Morgan fingerprint density at radius 2 is 1.54 bits per heavy atom. The van der Waals surface area contributed by atoms with E-state index in [-0.39, 0.29) is 29.5 Å². The monoisotopic (exact) mass is 380 g/mol. The van der Waals surface area contributed by atoms with Crippen LogP contribution in [0.5, 0.6) is 0 Å². The molecule has 0 unspecified atom stereocenters. The van der Waals surface area contributed by atoms with E-state index >= 15 is 0 Å². The molecule has 2 aromatic rings. The van der Waals surface area contributed by atoms with Crippen LogP contribution in [0.25, 0.3) is 0 Å². The molecule has 1 fully saturated rings. The van der Waals surface area contributed by atoms with E-state index in [2.05, 4.69) is 23.5 Å². The van der Waals surface area contributed by atoms with Crippen LogP contribution in [0.4, 0.5) is 10.1 Å². The lowest BCUT2D eigenvalue weighted by atomic mass is 9.80. The van der Waals surface area contributed by atoms with E-state index < -0.39 is 0 Å². The summed E-state index contributed by atoms with van der Waals surface area (Å²) in [4.78, 5) is 27.4. The second kappa shape index (κ2) is 8.13. The molecule has 2 amide bonds. The molecule has 0 radical (unpaired) electrons. The van der Waals surface area contributed by atoms with Crippen LogP contribution in [0.1, 0.15) is 36.8 Å². The molecule has 0 bridgehead atoms. The van der Waals surface area contributed by atoms with Crippen LogP contribution in [0, 0.1) is 17.7 Å². The third kappa shape index (κ3) is 4.08. The van der Waals surface area contributed by atoms with Crippen molar-refractivity contribution in [3.05, 3.63) is 65.5 Å². The van der Waals surface area contributed by atoms with E-state index in [1.54, 1.807) is 12.1 Å². The van der Waals surface area contributed by atoms with Crippen LogP contribution in [0.15, 0.2) is 48.5 Å². The molecular formula is C23H25FN2O2. The van der Waals surface area contributed by atoms with Gasteiger partial charge in [0, 0.05) is 30.6 Å². The van der Waals surface area contributed by atoms with Crippen molar-refractivity contribution in [2.75, 3.05) is 11.9 Å². The molecule has 0 spiro atoms.